The summed E-state index contributed by atoms with van der Waals surface area (Å²) in [6.45, 7) is 10.0. The van der Waals surface area contributed by atoms with E-state index in [-0.39, 0.29) is 49.5 Å². The van der Waals surface area contributed by atoms with Crippen LogP contribution in [0.1, 0.15) is 265 Å². The van der Waals surface area contributed by atoms with Gasteiger partial charge in [0.25, 0.3) is 0 Å². The molecule has 0 aliphatic heterocycles. The van der Waals surface area contributed by atoms with Crippen LogP contribution in [0.15, 0.2) is 0 Å². The van der Waals surface area contributed by atoms with E-state index < -0.39 is 12.2 Å². The fraction of sp³-hybridized carbons (Fsp3) is 0.926. The number of hydrogen-bond donors (Lipinski definition) is 3. The van der Waals surface area contributed by atoms with Crippen molar-refractivity contribution in [2.45, 2.75) is 271 Å². The Morgan fingerprint density at radius 1 is 0.477 bits per heavy atom. The second-order valence-electron chi connectivity index (χ2n) is 19.6. The molecule has 0 saturated carbocycles. The first kappa shape index (κ1) is 62.6. The largest absolute Gasteiger partial charge is 0.462 e. The lowest BCUT2D eigenvalue weighted by atomic mass is 9.86. The average molecular weight is 925 g/mol. The third-order valence-electron chi connectivity index (χ3n) is 12.3. The number of aliphatic hydroxyl groups is 1. The zero-order valence-corrected chi connectivity index (χ0v) is 42.9. The molecular weight excluding hydrogens is 821 g/mol. The molecule has 0 aromatic heterocycles. The molecule has 0 aliphatic carbocycles. The maximum absolute atomic E-state index is 12.8. The van der Waals surface area contributed by atoms with E-state index in [1.807, 2.05) is 13.8 Å². The summed E-state index contributed by atoms with van der Waals surface area (Å²) in [5, 5.41) is 14.7. The van der Waals surface area contributed by atoms with Crippen molar-refractivity contribution in [1.82, 2.24) is 10.6 Å². The van der Waals surface area contributed by atoms with Crippen LogP contribution in [0.5, 0.6) is 0 Å². The molecule has 0 fully saturated rings. The molecule has 0 aliphatic rings. The Morgan fingerprint density at radius 2 is 0.892 bits per heavy atom. The highest BCUT2D eigenvalue weighted by Gasteiger charge is 2.21. The summed E-state index contributed by atoms with van der Waals surface area (Å²) in [7, 11) is 0. The molecule has 0 aromatic rings. The highest BCUT2D eigenvalue weighted by Crippen LogP contribution is 2.24. The molecule has 2 amide bonds. The van der Waals surface area contributed by atoms with E-state index in [9.17, 15) is 19.2 Å². The van der Waals surface area contributed by atoms with Gasteiger partial charge in [0.2, 0.25) is 5.91 Å². The van der Waals surface area contributed by atoms with Crippen molar-refractivity contribution < 1.29 is 43.2 Å². The van der Waals surface area contributed by atoms with Gasteiger partial charge < -0.3 is 34.7 Å². The summed E-state index contributed by atoms with van der Waals surface area (Å²) >= 11 is 0. The molecule has 1 unspecified atom stereocenters. The van der Waals surface area contributed by atoms with Crippen molar-refractivity contribution in [2.75, 3.05) is 46.1 Å². The van der Waals surface area contributed by atoms with Crippen LogP contribution in [-0.2, 0) is 33.3 Å². The molecule has 0 aromatic carbocycles. The lowest BCUT2D eigenvalue weighted by Crippen LogP contribution is -2.34. The van der Waals surface area contributed by atoms with Crippen molar-refractivity contribution in [2.24, 2.45) is 5.41 Å². The molecule has 11 heteroatoms. The van der Waals surface area contributed by atoms with Gasteiger partial charge in [-0.2, -0.15) is 0 Å². The van der Waals surface area contributed by atoms with E-state index in [1.165, 1.54) is 154 Å². The Bertz CT molecular complexity index is 1090. The number of hydrogen-bond acceptors (Lipinski definition) is 9. The Labute approximate surface area is 399 Å². The molecule has 0 saturated heterocycles. The van der Waals surface area contributed by atoms with Crippen LogP contribution in [0.4, 0.5) is 4.79 Å². The van der Waals surface area contributed by atoms with Crippen LogP contribution in [0, 0.1) is 5.41 Å². The number of alkyl carbamates (subject to hydrolysis) is 1. The lowest BCUT2D eigenvalue weighted by molar-refractivity contribution is -0.161. The smallest absolute Gasteiger partial charge is 0.407 e. The average Bonchev–Trinajstić information content (AvgIpc) is 3.27. The van der Waals surface area contributed by atoms with E-state index in [0.717, 1.165) is 57.8 Å². The molecular formula is C54H104N2O9. The first-order chi connectivity index (χ1) is 31.6. The lowest BCUT2D eigenvalue weighted by Gasteiger charge is -2.22. The third-order valence-corrected chi connectivity index (χ3v) is 12.3. The summed E-state index contributed by atoms with van der Waals surface area (Å²) in [6.07, 6.45) is 40.2. The minimum atomic E-state index is -0.858. The standard InChI is InChI=1S/C54H104N2O9/c1-5-7-9-11-13-15-17-19-21-23-25-27-29-31-34-38-51(59)63-47-49(65-52(60)39-35-32-30-28-26-24-22-20-18-16-14-12-10-8-6-2)48-64-53(61)56-41-36-33-37-44-62-45-42-55-50(58)46-54(3,4)40-43-57/h49,57H,5-48H2,1-4H3,(H,55,58)(H,56,61). The van der Waals surface area contributed by atoms with Crippen molar-refractivity contribution in [3.05, 3.63) is 0 Å². The van der Waals surface area contributed by atoms with Crippen molar-refractivity contribution in [3.63, 3.8) is 0 Å². The Hall–Kier alpha value is -2.40. The fourth-order valence-electron chi connectivity index (χ4n) is 8.07. The maximum atomic E-state index is 12.8. The molecule has 0 spiro atoms. The van der Waals surface area contributed by atoms with E-state index in [4.69, 9.17) is 24.1 Å². The topological polar surface area (TPSA) is 149 Å². The molecule has 65 heavy (non-hydrogen) atoms. The Morgan fingerprint density at radius 3 is 1.35 bits per heavy atom. The minimum absolute atomic E-state index is 0.0449. The van der Waals surface area contributed by atoms with E-state index in [0.29, 0.717) is 45.6 Å². The van der Waals surface area contributed by atoms with Crippen LogP contribution < -0.4 is 10.6 Å². The van der Waals surface area contributed by atoms with Gasteiger partial charge >= 0.3 is 18.0 Å². The maximum Gasteiger partial charge on any atom is 0.407 e. The predicted octanol–water partition coefficient (Wildman–Crippen LogP) is 13.8. The second kappa shape index (κ2) is 48.1. The predicted molar refractivity (Wildman–Crippen MR) is 267 cm³/mol. The highest BCUT2D eigenvalue weighted by atomic mass is 16.6. The van der Waals surface area contributed by atoms with Crippen molar-refractivity contribution in [3.8, 4) is 0 Å². The first-order valence-corrected chi connectivity index (χ1v) is 27.3. The van der Waals surface area contributed by atoms with Gasteiger partial charge in [0, 0.05) is 45.6 Å². The molecule has 0 radical (unpaired) electrons. The summed E-state index contributed by atoms with van der Waals surface area (Å²) in [4.78, 5) is 50.0. The Balaban J connectivity index is 4.38. The van der Waals surface area contributed by atoms with Gasteiger partial charge in [0.05, 0.1) is 6.61 Å². The van der Waals surface area contributed by atoms with Gasteiger partial charge in [-0.1, -0.05) is 207 Å². The van der Waals surface area contributed by atoms with Crippen LogP contribution in [0.25, 0.3) is 0 Å². The fourth-order valence-corrected chi connectivity index (χ4v) is 8.07. The molecule has 1 atom stereocenters. The zero-order valence-electron chi connectivity index (χ0n) is 42.9. The summed E-state index contributed by atoms with van der Waals surface area (Å²) < 4.78 is 22.2. The number of carbonyl (C=O) groups excluding carboxylic acids is 4. The second-order valence-corrected chi connectivity index (χ2v) is 19.6. The SMILES string of the molecule is CCCCCCCCCCCCCCCCCC(=O)OCC(COC(=O)NCCCCCOCCNC(=O)CC(C)(C)CCO)OC(=O)CCCCCCCCCCCCCCCCC. The molecule has 0 rings (SSSR count). The van der Waals surface area contributed by atoms with Crippen LogP contribution in [0.2, 0.25) is 0 Å². The van der Waals surface area contributed by atoms with E-state index in [1.54, 1.807) is 0 Å². The number of amides is 2. The first-order valence-electron chi connectivity index (χ1n) is 27.3. The number of nitrogens with one attached hydrogen (secondary N) is 2. The number of carbonyl (C=O) groups is 4. The summed E-state index contributed by atoms with van der Waals surface area (Å²) in [5.74, 6) is -0.727. The number of rotatable bonds is 50. The van der Waals surface area contributed by atoms with Gasteiger partial charge in [0.15, 0.2) is 6.10 Å². The van der Waals surface area contributed by atoms with Gasteiger partial charge in [-0.3, -0.25) is 14.4 Å². The van der Waals surface area contributed by atoms with Gasteiger partial charge in [-0.05, 0) is 43.9 Å². The molecule has 0 bridgehead atoms. The monoisotopic (exact) mass is 925 g/mol. The highest BCUT2D eigenvalue weighted by molar-refractivity contribution is 5.76. The summed E-state index contributed by atoms with van der Waals surface area (Å²) in [5.41, 5.74) is -0.237. The van der Waals surface area contributed by atoms with E-state index in [2.05, 4.69) is 24.5 Å². The zero-order chi connectivity index (χ0) is 47.7. The van der Waals surface area contributed by atoms with Crippen LogP contribution >= 0.6 is 0 Å². The number of unbranched alkanes of at least 4 members (excludes halogenated alkanes) is 30. The van der Waals surface area contributed by atoms with Crippen molar-refractivity contribution in [1.29, 1.82) is 0 Å². The van der Waals surface area contributed by atoms with E-state index >= 15 is 0 Å². The minimum Gasteiger partial charge on any atom is -0.462 e. The normalized spacial score (nSPS) is 12.0. The molecule has 3 N–H and O–H groups in total. The van der Waals surface area contributed by atoms with Gasteiger partial charge in [0.1, 0.15) is 13.2 Å². The molecule has 384 valence electrons. The third kappa shape index (κ3) is 47.9. The number of aliphatic hydroxyl groups excluding tert-OH is 1. The van der Waals surface area contributed by atoms with Crippen LogP contribution in [-0.4, -0.2) is 81.3 Å². The van der Waals surface area contributed by atoms with Crippen LogP contribution in [0.3, 0.4) is 0 Å². The molecule has 11 nitrogen and oxygen atoms in total. The number of esters is 2. The summed E-state index contributed by atoms with van der Waals surface area (Å²) in [6, 6.07) is 0. The van der Waals surface area contributed by atoms with Gasteiger partial charge in [-0.15, -0.1) is 0 Å². The van der Waals surface area contributed by atoms with Gasteiger partial charge in [-0.25, -0.2) is 4.79 Å². The van der Waals surface area contributed by atoms with Crippen molar-refractivity contribution >= 4 is 23.9 Å². The number of ether oxygens (including phenoxy) is 4. The molecule has 0 heterocycles. The Kier molecular flexibility index (Phi) is 46.3. The quantitative estimate of drug-likeness (QED) is 0.0308.